The summed E-state index contributed by atoms with van der Waals surface area (Å²) in [4.78, 5) is 4.30. The molecule has 0 saturated carbocycles. The molecule has 0 radical (unpaired) electrons. The van der Waals surface area contributed by atoms with Gasteiger partial charge < -0.3 is 5.73 Å². The summed E-state index contributed by atoms with van der Waals surface area (Å²) >= 11 is 5.92. The first-order chi connectivity index (χ1) is 8.58. The van der Waals surface area contributed by atoms with E-state index in [1.165, 1.54) is 30.6 Å². The minimum Gasteiger partial charge on any atom is -0.396 e. The molecule has 6 heteroatoms. The Hall–Kier alpha value is -1.46. The topological polar surface area (TPSA) is 56.0 Å². The van der Waals surface area contributed by atoms with Crippen molar-refractivity contribution in [3.8, 4) is 0 Å². The maximum absolute atomic E-state index is 13.1. The summed E-state index contributed by atoms with van der Waals surface area (Å²) in [5, 5.41) is 0.386. The average Bonchev–Trinajstić information content (AvgIpc) is 2.34. The highest BCUT2D eigenvalue weighted by Crippen LogP contribution is 2.23. The van der Waals surface area contributed by atoms with E-state index >= 15 is 0 Å². The fourth-order valence-electron chi connectivity index (χ4n) is 1.47. The lowest BCUT2D eigenvalue weighted by atomic mass is 10.2. The number of nitrogen functional groups attached to an aromatic ring is 1. The molecule has 1 heterocycles. The third-order valence-corrected chi connectivity index (χ3v) is 4.15. The van der Waals surface area contributed by atoms with E-state index in [-0.39, 0.29) is 5.75 Å². The molecule has 0 amide bonds. The number of hydrogen-bond acceptors (Lipinski definition) is 3. The number of rotatable bonds is 3. The number of hydrogen-bond donors (Lipinski definition) is 1. The minimum absolute atomic E-state index is 0.116. The van der Waals surface area contributed by atoms with Gasteiger partial charge in [-0.15, -0.1) is 0 Å². The van der Waals surface area contributed by atoms with Crippen molar-refractivity contribution >= 4 is 28.1 Å². The molecule has 1 unspecified atom stereocenters. The van der Waals surface area contributed by atoms with E-state index in [4.69, 9.17) is 17.3 Å². The highest BCUT2D eigenvalue weighted by atomic mass is 35.5. The van der Waals surface area contributed by atoms with Crippen LogP contribution in [0.3, 0.4) is 0 Å². The largest absolute Gasteiger partial charge is 0.396 e. The number of halogens is 2. The van der Waals surface area contributed by atoms with Crippen molar-refractivity contribution in [2.24, 2.45) is 0 Å². The molecule has 0 aliphatic heterocycles. The van der Waals surface area contributed by atoms with Gasteiger partial charge in [0.1, 0.15) is 5.82 Å². The summed E-state index contributed by atoms with van der Waals surface area (Å²) in [6.45, 7) is 0. The van der Waals surface area contributed by atoms with Gasteiger partial charge in [-0.1, -0.05) is 11.6 Å². The molecule has 2 N–H and O–H groups in total. The van der Waals surface area contributed by atoms with Crippen LogP contribution >= 0.6 is 11.6 Å². The van der Waals surface area contributed by atoms with Crippen molar-refractivity contribution < 1.29 is 8.60 Å². The van der Waals surface area contributed by atoms with Crippen LogP contribution in [-0.2, 0) is 16.6 Å². The smallest absolute Gasteiger partial charge is 0.123 e. The van der Waals surface area contributed by atoms with Crippen LogP contribution in [0.4, 0.5) is 10.1 Å². The van der Waals surface area contributed by atoms with Crippen molar-refractivity contribution in [3.05, 3.63) is 53.1 Å². The first-order valence-electron chi connectivity index (χ1n) is 5.09. The molecule has 0 spiro atoms. The van der Waals surface area contributed by atoms with Gasteiger partial charge in [-0.3, -0.25) is 9.19 Å². The Labute approximate surface area is 111 Å². The highest BCUT2D eigenvalue weighted by Gasteiger charge is 2.11. The van der Waals surface area contributed by atoms with Crippen LogP contribution in [-0.4, -0.2) is 9.19 Å². The highest BCUT2D eigenvalue weighted by molar-refractivity contribution is 7.84. The van der Waals surface area contributed by atoms with Crippen LogP contribution in [0.15, 0.2) is 41.6 Å². The maximum Gasteiger partial charge on any atom is 0.123 e. The van der Waals surface area contributed by atoms with Gasteiger partial charge >= 0.3 is 0 Å². The SMILES string of the molecule is Nc1cnccc1S(=O)Cc1cc(F)ccc1Cl. The van der Waals surface area contributed by atoms with Crippen molar-refractivity contribution in [1.29, 1.82) is 0 Å². The zero-order valence-electron chi connectivity index (χ0n) is 9.27. The first kappa shape index (κ1) is 13.0. The van der Waals surface area contributed by atoms with E-state index in [2.05, 4.69) is 4.98 Å². The predicted octanol–water partition coefficient (Wildman–Crippen LogP) is 2.76. The molecule has 0 fully saturated rings. The third kappa shape index (κ3) is 2.86. The molecule has 1 atom stereocenters. The number of aromatic nitrogens is 1. The molecule has 0 aliphatic carbocycles. The fourth-order valence-corrected chi connectivity index (χ4v) is 2.94. The van der Waals surface area contributed by atoms with Gasteiger partial charge in [-0.2, -0.15) is 0 Å². The van der Waals surface area contributed by atoms with Crippen LogP contribution in [0.1, 0.15) is 5.56 Å². The van der Waals surface area contributed by atoms with Gasteiger partial charge in [-0.25, -0.2) is 4.39 Å². The Balaban J connectivity index is 2.27. The Morgan fingerprint density at radius 3 is 2.89 bits per heavy atom. The van der Waals surface area contributed by atoms with Crippen LogP contribution in [0, 0.1) is 5.82 Å². The number of nitrogens with zero attached hydrogens (tertiary/aromatic N) is 1. The minimum atomic E-state index is -1.38. The monoisotopic (exact) mass is 284 g/mol. The van der Waals surface area contributed by atoms with Crippen LogP contribution in [0.2, 0.25) is 5.02 Å². The molecule has 0 saturated heterocycles. The Morgan fingerprint density at radius 1 is 1.39 bits per heavy atom. The van der Waals surface area contributed by atoms with Gasteiger partial charge in [0.05, 0.1) is 33.3 Å². The van der Waals surface area contributed by atoms with Gasteiger partial charge in [0.2, 0.25) is 0 Å². The van der Waals surface area contributed by atoms with E-state index in [0.29, 0.717) is 21.2 Å². The van der Waals surface area contributed by atoms with E-state index in [9.17, 15) is 8.60 Å². The zero-order valence-corrected chi connectivity index (χ0v) is 10.8. The normalized spacial score (nSPS) is 12.3. The van der Waals surface area contributed by atoms with Gasteiger partial charge in [0, 0.05) is 11.2 Å². The lowest BCUT2D eigenvalue weighted by Gasteiger charge is -2.06. The van der Waals surface area contributed by atoms with Gasteiger partial charge in [0.15, 0.2) is 0 Å². The summed E-state index contributed by atoms with van der Waals surface area (Å²) in [6, 6.07) is 5.56. The Kier molecular flexibility index (Phi) is 3.93. The molecule has 1 aromatic carbocycles. The molecular weight excluding hydrogens is 275 g/mol. The van der Waals surface area contributed by atoms with E-state index < -0.39 is 16.6 Å². The van der Waals surface area contributed by atoms with E-state index in [1.54, 1.807) is 6.07 Å². The fraction of sp³-hybridized carbons (Fsp3) is 0.0833. The second-order valence-corrected chi connectivity index (χ2v) is 5.47. The molecular formula is C12H10ClFN2OS. The molecule has 3 nitrogen and oxygen atoms in total. The first-order valence-corrected chi connectivity index (χ1v) is 6.79. The lowest BCUT2D eigenvalue weighted by molar-refractivity contribution is 0.626. The number of pyridine rings is 1. The molecule has 0 bridgehead atoms. The second-order valence-electron chi connectivity index (χ2n) is 3.64. The Bertz CT molecular complexity index is 606. The summed E-state index contributed by atoms with van der Waals surface area (Å²) in [5.41, 5.74) is 6.52. The van der Waals surface area contributed by atoms with Crippen LogP contribution in [0.5, 0.6) is 0 Å². The van der Waals surface area contributed by atoms with Gasteiger partial charge in [0.25, 0.3) is 0 Å². The van der Waals surface area contributed by atoms with Crippen LogP contribution < -0.4 is 5.73 Å². The lowest BCUT2D eigenvalue weighted by Crippen LogP contribution is -2.02. The van der Waals surface area contributed by atoms with Crippen LogP contribution in [0.25, 0.3) is 0 Å². The van der Waals surface area contributed by atoms with E-state index in [1.807, 2.05) is 0 Å². The summed E-state index contributed by atoms with van der Waals surface area (Å²) < 4.78 is 25.2. The number of anilines is 1. The average molecular weight is 285 g/mol. The third-order valence-electron chi connectivity index (χ3n) is 2.35. The van der Waals surface area contributed by atoms with Gasteiger partial charge in [-0.05, 0) is 29.8 Å². The molecule has 2 rings (SSSR count). The number of benzene rings is 1. The molecule has 0 aliphatic rings. The standard InChI is InChI=1S/C12H10ClFN2OS/c13-10-2-1-9(14)5-8(10)7-18(17)12-3-4-16-6-11(12)15/h1-6H,7,15H2. The molecule has 2 aromatic rings. The van der Waals surface area contributed by atoms with Crippen molar-refractivity contribution in [3.63, 3.8) is 0 Å². The van der Waals surface area contributed by atoms with Crippen molar-refractivity contribution in [2.45, 2.75) is 10.6 Å². The summed E-state index contributed by atoms with van der Waals surface area (Å²) in [7, 11) is -1.38. The molecule has 94 valence electrons. The molecule has 18 heavy (non-hydrogen) atoms. The Morgan fingerprint density at radius 2 is 2.17 bits per heavy atom. The number of nitrogens with two attached hydrogens (primary N) is 1. The zero-order chi connectivity index (χ0) is 13.1. The molecule has 1 aromatic heterocycles. The quantitative estimate of drug-likeness (QED) is 0.943. The second kappa shape index (κ2) is 5.46. The van der Waals surface area contributed by atoms with Crippen molar-refractivity contribution in [2.75, 3.05) is 5.73 Å². The predicted molar refractivity (Wildman–Crippen MR) is 70.2 cm³/mol. The summed E-state index contributed by atoms with van der Waals surface area (Å²) in [6.07, 6.45) is 2.94. The summed E-state index contributed by atoms with van der Waals surface area (Å²) in [5.74, 6) is -0.292. The maximum atomic E-state index is 13.1. The van der Waals surface area contributed by atoms with E-state index in [0.717, 1.165) is 0 Å². The van der Waals surface area contributed by atoms with Crippen molar-refractivity contribution in [1.82, 2.24) is 4.98 Å².